The molecule has 0 aromatic rings. The second-order valence-electron chi connectivity index (χ2n) is 6.71. The van der Waals surface area contributed by atoms with Gasteiger partial charge in [-0.25, -0.2) is 0 Å². The summed E-state index contributed by atoms with van der Waals surface area (Å²) in [6, 6.07) is -0.170. The quantitative estimate of drug-likeness (QED) is 0.780. The van der Waals surface area contributed by atoms with Crippen LogP contribution in [0.25, 0.3) is 0 Å². The molecule has 0 radical (unpaired) electrons. The lowest BCUT2D eigenvalue weighted by Gasteiger charge is -2.39. The van der Waals surface area contributed by atoms with Gasteiger partial charge in [-0.2, -0.15) is 0 Å². The van der Waals surface area contributed by atoms with Crippen molar-refractivity contribution in [3.63, 3.8) is 0 Å². The number of nitrogens with zero attached hydrogens (tertiary/aromatic N) is 2. The molecule has 1 unspecified atom stereocenters. The Hall–Kier alpha value is -0.110. The number of piperidine rings is 1. The Kier molecular flexibility index (Phi) is 9.86. The summed E-state index contributed by atoms with van der Waals surface area (Å²) in [4.78, 5) is 17.3. The van der Waals surface area contributed by atoms with Gasteiger partial charge in [0.05, 0.1) is 25.9 Å². The number of amides is 1. The fourth-order valence-corrected chi connectivity index (χ4v) is 3.77. The number of ether oxygens (including phenoxy) is 2. The van der Waals surface area contributed by atoms with Crippen LogP contribution in [0.5, 0.6) is 0 Å². The third kappa shape index (κ3) is 5.71. The molecule has 3 rings (SSSR count). The summed E-state index contributed by atoms with van der Waals surface area (Å²) in [6.45, 7) is 10.1. The smallest absolute Gasteiger partial charge is 0.242 e. The Morgan fingerprint density at radius 1 is 1.17 bits per heavy atom. The molecule has 1 N–H and O–H groups in total. The summed E-state index contributed by atoms with van der Waals surface area (Å²) in [5, 5.41) is 3.32. The van der Waals surface area contributed by atoms with Gasteiger partial charge in [0.2, 0.25) is 5.91 Å². The van der Waals surface area contributed by atoms with E-state index in [1.165, 1.54) is 6.42 Å². The van der Waals surface area contributed by atoms with Crippen LogP contribution in [0.3, 0.4) is 0 Å². The number of carbonyl (C=O) groups excluding carboxylic acids is 1. The van der Waals surface area contributed by atoms with E-state index in [9.17, 15) is 4.79 Å². The molecule has 3 atom stereocenters. The van der Waals surface area contributed by atoms with Crippen LogP contribution in [0.1, 0.15) is 19.8 Å². The van der Waals surface area contributed by atoms with Gasteiger partial charge >= 0.3 is 0 Å². The van der Waals surface area contributed by atoms with E-state index < -0.39 is 0 Å². The van der Waals surface area contributed by atoms with E-state index >= 15 is 0 Å². The van der Waals surface area contributed by atoms with Gasteiger partial charge in [-0.05, 0) is 25.7 Å². The maximum absolute atomic E-state index is 12.8. The first-order chi connectivity index (χ1) is 10.7. The average molecular weight is 384 g/mol. The highest BCUT2D eigenvalue weighted by Gasteiger charge is 2.34. The first kappa shape index (κ1) is 21.9. The second-order valence-corrected chi connectivity index (χ2v) is 6.71. The van der Waals surface area contributed by atoms with Gasteiger partial charge in [0.15, 0.2) is 0 Å². The minimum Gasteiger partial charge on any atom is -0.379 e. The largest absolute Gasteiger partial charge is 0.379 e. The van der Waals surface area contributed by atoms with Gasteiger partial charge in [0, 0.05) is 39.3 Å². The summed E-state index contributed by atoms with van der Waals surface area (Å²) in [5.41, 5.74) is 0. The standard InChI is InChI=1S/C16H29N3O3.2ClH/c1-13-15(17-4-8-22-13)16(20)19-5-2-3-14(12-19)11-18-6-9-21-10-7-18;;/h13-15,17H,2-12H2,1H3;2*1H/t13-,14?,15+;;/m1../s1. The fraction of sp³-hybridized carbons (Fsp3) is 0.938. The van der Waals surface area contributed by atoms with E-state index in [0.717, 1.165) is 58.9 Å². The van der Waals surface area contributed by atoms with E-state index in [2.05, 4.69) is 15.1 Å². The van der Waals surface area contributed by atoms with Crippen LogP contribution >= 0.6 is 24.8 Å². The van der Waals surface area contributed by atoms with E-state index in [1.54, 1.807) is 0 Å². The number of nitrogens with one attached hydrogen (secondary N) is 1. The van der Waals surface area contributed by atoms with Gasteiger partial charge in [-0.1, -0.05) is 0 Å². The maximum Gasteiger partial charge on any atom is 0.242 e. The summed E-state index contributed by atoms with van der Waals surface area (Å²) in [6.07, 6.45) is 2.31. The van der Waals surface area contributed by atoms with Crippen LogP contribution in [0.15, 0.2) is 0 Å². The highest BCUT2D eigenvalue weighted by molar-refractivity contribution is 5.85. The van der Waals surface area contributed by atoms with Crippen molar-refractivity contribution in [3.05, 3.63) is 0 Å². The van der Waals surface area contributed by atoms with Crippen molar-refractivity contribution in [2.75, 3.05) is 59.1 Å². The van der Waals surface area contributed by atoms with Crippen molar-refractivity contribution in [2.24, 2.45) is 5.92 Å². The van der Waals surface area contributed by atoms with Crippen LogP contribution in [-0.4, -0.2) is 86.9 Å². The van der Waals surface area contributed by atoms with Crippen molar-refractivity contribution in [2.45, 2.75) is 31.9 Å². The molecule has 0 aromatic heterocycles. The SMILES string of the molecule is C[C@H]1OCCN[C@@H]1C(=O)N1CCCC(CN2CCOCC2)C1.Cl.Cl. The molecular weight excluding hydrogens is 353 g/mol. The summed E-state index contributed by atoms with van der Waals surface area (Å²) in [5.74, 6) is 0.814. The third-order valence-corrected chi connectivity index (χ3v) is 5.03. The normalized spacial score (nSPS) is 31.7. The zero-order valence-corrected chi connectivity index (χ0v) is 16.1. The Morgan fingerprint density at radius 2 is 1.92 bits per heavy atom. The number of hydrogen-bond donors (Lipinski definition) is 1. The first-order valence-electron chi connectivity index (χ1n) is 8.68. The Balaban J connectivity index is 0.00000144. The second kappa shape index (κ2) is 10.8. The van der Waals surface area contributed by atoms with E-state index in [1.807, 2.05) is 6.92 Å². The Labute approximate surface area is 157 Å². The number of rotatable bonds is 3. The molecular formula is C16H31Cl2N3O3. The number of likely N-dealkylation sites (tertiary alicyclic amines) is 1. The van der Waals surface area contributed by atoms with Crippen molar-refractivity contribution in [3.8, 4) is 0 Å². The fourth-order valence-electron chi connectivity index (χ4n) is 3.77. The molecule has 3 aliphatic heterocycles. The van der Waals surface area contributed by atoms with E-state index in [4.69, 9.17) is 9.47 Å². The van der Waals surface area contributed by atoms with Gasteiger partial charge in [-0.3, -0.25) is 9.69 Å². The van der Waals surface area contributed by atoms with E-state index in [0.29, 0.717) is 12.5 Å². The predicted molar refractivity (Wildman–Crippen MR) is 98.3 cm³/mol. The highest BCUT2D eigenvalue weighted by Crippen LogP contribution is 2.20. The lowest BCUT2D eigenvalue weighted by molar-refractivity contribution is -0.141. The van der Waals surface area contributed by atoms with Gasteiger partial charge in [-0.15, -0.1) is 24.8 Å². The zero-order chi connectivity index (χ0) is 15.4. The van der Waals surface area contributed by atoms with Crippen LogP contribution in [-0.2, 0) is 14.3 Å². The van der Waals surface area contributed by atoms with Crippen LogP contribution in [0.2, 0.25) is 0 Å². The number of hydrogen-bond acceptors (Lipinski definition) is 5. The van der Waals surface area contributed by atoms with Crippen molar-refractivity contribution < 1.29 is 14.3 Å². The number of morpholine rings is 2. The summed E-state index contributed by atoms with van der Waals surface area (Å²) >= 11 is 0. The molecule has 142 valence electrons. The van der Waals surface area contributed by atoms with Gasteiger partial charge < -0.3 is 19.7 Å². The zero-order valence-electron chi connectivity index (χ0n) is 14.4. The van der Waals surface area contributed by atoms with Crippen molar-refractivity contribution in [1.82, 2.24) is 15.1 Å². The van der Waals surface area contributed by atoms with E-state index in [-0.39, 0.29) is 42.9 Å². The van der Waals surface area contributed by atoms with Crippen LogP contribution in [0.4, 0.5) is 0 Å². The molecule has 1 amide bonds. The molecule has 0 aliphatic carbocycles. The molecule has 0 saturated carbocycles. The molecule has 24 heavy (non-hydrogen) atoms. The van der Waals surface area contributed by atoms with Crippen molar-refractivity contribution >= 4 is 30.7 Å². The summed E-state index contributed by atoms with van der Waals surface area (Å²) < 4.78 is 11.0. The lowest BCUT2D eigenvalue weighted by Crippen LogP contribution is -2.58. The van der Waals surface area contributed by atoms with Crippen LogP contribution in [0, 0.1) is 5.92 Å². The number of carbonyl (C=O) groups is 1. The third-order valence-electron chi connectivity index (χ3n) is 5.03. The summed E-state index contributed by atoms with van der Waals surface area (Å²) in [7, 11) is 0. The van der Waals surface area contributed by atoms with Gasteiger partial charge in [0.25, 0.3) is 0 Å². The molecule has 3 fully saturated rings. The first-order valence-corrected chi connectivity index (χ1v) is 8.68. The predicted octanol–water partition coefficient (Wildman–Crippen LogP) is 0.778. The Morgan fingerprint density at radius 3 is 2.62 bits per heavy atom. The lowest BCUT2D eigenvalue weighted by atomic mass is 9.96. The molecule has 3 heterocycles. The molecule has 3 aliphatic rings. The maximum atomic E-state index is 12.8. The monoisotopic (exact) mass is 383 g/mol. The molecule has 8 heteroatoms. The molecule has 3 saturated heterocycles. The molecule has 0 bridgehead atoms. The van der Waals surface area contributed by atoms with Crippen molar-refractivity contribution in [1.29, 1.82) is 0 Å². The number of halogens is 2. The molecule has 0 spiro atoms. The minimum atomic E-state index is -0.170. The highest BCUT2D eigenvalue weighted by atomic mass is 35.5. The molecule has 6 nitrogen and oxygen atoms in total. The van der Waals surface area contributed by atoms with Crippen LogP contribution < -0.4 is 5.32 Å². The Bertz CT molecular complexity index is 384. The average Bonchev–Trinajstić information content (AvgIpc) is 2.56. The van der Waals surface area contributed by atoms with Gasteiger partial charge in [0.1, 0.15) is 6.04 Å². The minimum absolute atomic E-state index is 0. The topological polar surface area (TPSA) is 54.0 Å². The molecule has 0 aromatic carbocycles.